The number of rotatable bonds is 4. The molecular formula is C14H13Cl2N3O2. The van der Waals surface area contributed by atoms with Crippen LogP contribution in [0.3, 0.4) is 0 Å². The van der Waals surface area contributed by atoms with E-state index < -0.39 is 4.92 Å². The molecule has 1 atom stereocenters. The molecule has 1 unspecified atom stereocenters. The number of nitro groups is 1. The first-order valence-corrected chi connectivity index (χ1v) is 6.97. The van der Waals surface area contributed by atoms with E-state index in [1.165, 1.54) is 12.1 Å². The molecule has 0 radical (unpaired) electrons. The van der Waals surface area contributed by atoms with Gasteiger partial charge in [0.25, 0.3) is 5.69 Å². The minimum atomic E-state index is -0.425. The molecule has 110 valence electrons. The summed E-state index contributed by atoms with van der Waals surface area (Å²) >= 11 is 11.9. The van der Waals surface area contributed by atoms with Crippen molar-refractivity contribution in [3.8, 4) is 0 Å². The van der Waals surface area contributed by atoms with Crippen molar-refractivity contribution in [3.05, 3.63) is 61.9 Å². The summed E-state index contributed by atoms with van der Waals surface area (Å²) in [5, 5.41) is 14.5. The molecule has 0 spiro atoms. The number of nitrogens with one attached hydrogen (secondary N) is 1. The standard InChI is InChI=1S/C14H13Cl2N3O2/c1-8-7-12(15)18-14(16)13(8)17-9(2)10-3-5-11(6-4-10)19(20)21/h3-7,9,17H,1-2H3. The summed E-state index contributed by atoms with van der Waals surface area (Å²) in [5.74, 6) is 0. The van der Waals surface area contributed by atoms with E-state index in [1.54, 1.807) is 18.2 Å². The van der Waals surface area contributed by atoms with Gasteiger partial charge in [0.15, 0.2) is 5.15 Å². The number of non-ortho nitro benzene ring substituents is 1. The average molecular weight is 326 g/mol. The molecule has 0 aliphatic carbocycles. The molecule has 7 heteroatoms. The molecule has 21 heavy (non-hydrogen) atoms. The zero-order valence-corrected chi connectivity index (χ0v) is 12.9. The van der Waals surface area contributed by atoms with Crippen molar-refractivity contribution in [1.29, 1.82) is 0 Å². The summed E-state index contributed by atoms with van der Waals surface area (Å²) in [4.78, 5) is 14.2. The molecule has 0 aliphatic heterocycles. The first kappa shape index (κ1) is 15.5. The number of nitrogens with zero attached hydrogens (tertiary/aromatic N) is 2. The van der Waals surface area contributed by atoms with E-state index in [2.05, 4.69) is 10.3 Å². The highest BCUT2D eigenvalue weighted by Gasteiger charge is 2.13. The van der Waals surface area contributed by atoms with E-state index in [4.69, 9.17) is 23.2 Å². The van der Waals surface area contributed by atoms with Crippen LogP contribution in [-0.2, 0) is 0 Å². The largest absolute Gasteiger partial charge is 0.376 e. The van der Waals surface area contributed by atoms with E-state index in [0.29, 0.717) is 16.0 Å². The lowest BCUT2D eigenvalue weighted by Gasteiger charge is -2.18. The van der Waals surface area contributed by atoms with Crippen LogP contribution in [0.1, 0.15) is 24.1 Å². The molecule has 2 rings (SSSR count). The molecular weight excluding hydrogens is 313 g/mol. The third-order valence-electron chi connectivity index (χ3n) is 3.11. The van der Waals surface area contributed by atoms with E-state index in [-0.39, 0.29) is 11.7 Å². The van der Waals surface area contributed by atoms with E-state index in [1.807, 2.05) is 13.8 Å². The zero-order valence-electron chi connectivity index (χ0n) is 11.4. The fourth-order valence-electron chi connectivity index (χ4n) is 1.95. The molecule has 0 aliphatic rings. The smallest absolute Gasteiger partial charge is 0.269 e. The van der Waals surface area contributed by atoms with Crippen LogP contribution >= 0.6 is 23.2 Å². The lowest BCUT2D eigenvalue weighted by Crippen LogP contribution is -2.09. The third-order valence-corrected chi connectivity index (χ3v) is 3.57. The first-order valence-electron chi connectivity index (χ1n) is 6.22. The van der Waals surface area contributed by atoms with E-state index >= 15 is 0 Å². The number of benzene rings is 1. The van der Waals surface area contributed by atoms with Gasteiger partial charge in [-0.2, -0.15) is 0 Å². The number of aryl methyl sites for hydroxylation is 1. The van der Waals surface area contributed by atoms with Crippen LogP contribution in [0.5, 0.6) is 0 Å². The van der Waals surface area contributed by atoms with Gasteiger partial charge in [-0.15, -0.1) is 0 Å². The van der Waals surface area contributed by atoms with Gasteiger partial charge in [-0.1, -0.05) is 35.3 Å². The Morgan fingerprint density at radius 1 is 1.29 bits per heavy atom. The molecule has 0 saturated heterocycles. The van der Waals surface area contributed by atoms with Crippen LogP contribution in [0.2, 0.25) is 10.3 Å². The number of hydrogen-bond donors (Lipinski definition) is 1. The van der Waals surface area contributed by atoms with Crippen LogP contribution in [0.4, 0.5) is 11.4 Å². The van der Waals surface area contributed by atoms with Crippen molar-refractivity contribution in [3.63, 3.8) is 0 Å². The maximum atomic E-state index is 10.6. The summed E-state index contributed by atoms with van der Waals surface area (Å²) in [6.45, 7) is 3.82. The average Bonchev–Trinajstić information content (AvgIpc) is 2.42. The van der Waals surface area contributed by atoms with E-state index in [0.717, 1.165) is 11.1 Å². The highest BCUT2D eigenvalue weighted by molar-refractivity contribution is 6.34. The number of nitro benzene ring substituents is 1. The van der Waals surface area contributed by atoms with Crippen LogP contribution in [-0.4, -0.2) is 9.91 Å². The van der Waals surface area contributed by atoms with Crippen LogP contribution in [0.25, 0.3) is 0 Å². The van der Waals surface area contributed by atoms with Crippen LogP contribution in [0, 0.1) is 17.0 Å². The van der Waals surface area contributed by atoms with Crippen LogP contribution < -0.4 is 5.32 Å². The maximum Gasteiger partial charge on any atom is 0.269 e. The monoisotopic (exact) mass is 325 g/mol. The minimum absolute atomic E-state index is 0.0633. The van der Waals surface area contributed by atoms with Gasteiger partial charge in [-0.25, -0.2) is 4.98 Å². The number of hydrogen-bond acceptors (Lipinski definition) is 4. The SMILES string of the molecule is Cc1cc(Cl)nc(Cl)c1NC(C)c1ccc([N+](=O)[O-])cc1. The molecule has 2 aromatic rings. The van der Waals surface area contributed by atoms with E-state index in [9.17, 15) is 10.1 Å². The minimum Gasteiger partial charge on any atom is -0.376 e. The Labute approximate surface area is 132 Å². The Morgan fingerprint density at radius 3 is 2.43 bits per heavy atom. The van der Waals surface area contributed by atoms with Gasteiger partial charge >= 0.3 is 0 Å². The van der Waals surface area contributed by atoms with Gasteiger partial charge in [0.05, 0.1) is 10.6 Å². The highest BCUT2D eigenvalue weighted by atomic mass is 35.5. The second-order valence-electron chi connectivity index (χ2n) is 4.64. The van der Waals surface area contributed by atoms with Crippen molar-refractivity contribution in [1.82, 2.24) is 4.98 Å². The molecule has 1 heterocycles. The maximum absolute atomic E-state index is 10.6. The summed E-state index contributed by atoms with van der Waals surface area (Å²) in [5.41, 5.74) is 2.56. The molecule has 0 amide bonds. The summed E-state index contributed by atoms with van der Waals surface area (Å²) in [6, 6.07) is 8.01. The van der Waals surface area contributed by atoms with Gasteiger partial charge in [0, 0.05) is 18.2 Å². The Hall–Kier alpha value is -1.85. The molecule has 5 nitrogen and oxygen atoms in total. The molecule has 1 aromatic heterocycles. The summed E-state index contributed by atoms with van der Waals surface area (Å²) in [7, 11) is 0. The van der Waals surface area contributed by atoms with Gasteiger partial charge in [-0.05, 0) is 31.0 Å². The Morgan fingerprint density at radius 2 is 1.90 bits per heavy atom. The fourth-order valence-corrected chi connectivity index (χ4v) is 2.54. The van der Waals surface area contributed by atoms with Crippen LogP contribution in [0.15, 0.2) is 30.3 Å². The number of halogens is 2. The van der Waals surface area contributed by atoms with Crippen molar-refractivity contribution in [2.45, 2.75) is 19.9 Å². The molecule has 1 aromatic carbocycles. The Kier molecular flexibility index (Phi) is 4.65. The van der Waals surface area contributed by atoms with Gasteiger partial charge in [0.1, 0.15) is 5.15 Å². The predicted octanol–water partition coefficient (Wildman–Crippen LogP) is 4.78. The Bertz CT molecular complexity index is 651. The van der Waals surface area contributed by atoms with Crippen molar-refractivity contribution in [2.75, 3.05) is 5.32 Å². The summed E-state index contributed by atoms with van der Waals surface area (Å²) < 4.78 is 0. The number of pyridine rings is 1. The first-order chi connectivity index (χ1) is 9.88. The second kappa shape index (κ2) is 6.28. The lowest BCUT2D eigenvalue weighted by molar-refractivity contribution is -0.384. The number of anilines is 1. The normalized spacial score (nSPS) is 12.0. The third kappa shape index (κ3) is 3.62. The topological polar surface area (TPSA) is 68.1 Å². The fraction of sp³-hybridized carbons (Fsp3) is 0.214. The van der Waals surface area contributed by atoms with Crippen molar-refractivity contribution in [2.24, 2.45) is 0 Å². The molecule has 1 N–H and O–H groups in total. The van der Waals surface area contributed by atoms with Gasteiger partial charge in [-0.3, -0.25) is 10.1 Å². The lowest BCUT2D eigenvalue weighted by atomic mass is 10.1. The zero-order chi connectivity index (χ0) is 15.6. The highest BCUT2D eigenvalue weighted by Crippen LogP contribution is 2.30. The second-order valence-corrected chi connectivity index (χ2v) is 5.39. The predicted molar refractivity (Wildman–Crippen MR) is 84.1 cm³/mol. The number of aromatic nitrogens is 1. The molecule has 0 fully saturated rings. The quantitative estimate of drug-likeness (QED) is 0.499. The molecule has 0 bridgehead atoms. The van der Waals surface area contributed by atoms with Crippen molar-refractivity contribution >= 4 is 34.6 Å². The molecule has 0 saturated carbocycles. The van der Waals surface area contributed by atoms with Gasteiger partial charge in [0.2, 0.25) is 0 Å². The summed E-state index contributed by atoms with van der Waals surface area (Å²) in [6.07, 6.45) is 0. The Balaban J connectivity index is 2.22. The van der Waals surface area contributed by atoms with Gasteiger partial charge < -0.3 is 5.32 Å². The van der Waals surface area contributed by atoms with Crippen molar-refractivity contribution < 1.29 is 4.92 Å².